The maximum absolute atomic E-state index is 11.5. The van der Waals surface area contributed by atoms with Crippen molar-refractivity contribution < 1.29 is 4.79 Å². The van der Waals surface area contributed by atoms with Crippen LogP contribution in [-0.4, -0.2) is 46.0 Å². The summed E-state index contributed by atoms with van der Waals surface area (Å²) in [6.45, 7) is 8.39. The first-order chi connectivity index (χ1) is 14.0. The quantitative estimate of drug-likeness (QED) is 0.467. The van der Waals surface area contributed by atoms with E-state index in [1.165, 1.54) is 11.3 Å². The van der Waals surface area contributed by atoms with Crippen molar-refractivity contribution in [2.24, 2.45) is 0 Å². The number of para-hydroxylation sites is 1. The summed E-state index contributed by atoms with van der Waals surface area (Å²) in [5.74, 6) is 0.107. The van der Waals surface area contributed by atoms with E-state index in [0.717, 1.165) is 48.9 Å². The Hall–Kier alpha value is -2.70. The van der Waals surface area contributed by atoms with E-state index < -0.39 is 0 Å². The molecule has 0 amide bonds. The number of hydrogen-bond donors (Lipinski definition) is 0. The predicted molar refractivity (Wildman–Crippen MR) is 120 cm³/mol. The largest absolute Gasteiger partial charge is 0.369 e. The third-order valence-corrected chi connectivity index (χ3v) is 6.02. The topological polar surface area (TPSA) is 33.4 Å². The summed E-state index contributed by atoms with van der Waals surface area (Å²) in [5.41, 5.74) is 4.29. The first kappa shape index (κ1) is 19.6. The van der Waals surface area contributed by atoms with Gasteiger partial charge in [-0.1, -0.05) is 18.2 Å². The van der Waals surface area contributed by atoms with Crippen molar-refractivity contribution in [3.63, 3.8) is 0 Å². The number of nitrogens with zero attached hydrogens (tertiary/aromatic N) is 4. The summed E-state index contributed by atoms with van der Waals surface area (Å²) >= 11 is 5.73. The van der Waals surface area contributed by atoms with Gasteiger partial charge in [0.2, 0.25) is 0 Å². The van der Waals surface area contributed by atoms with Gasteiger partial charge in [0.1, 0.15) is 0 Å². The summed E-state index contributed by atoms with van der Waals surface area (Å²) in [6.07, 6.45) is 4.12. The molecular weight excluding hydrogens is 380 g/mol. The molecule has 0 bridgehead atoms. The van der Waals surface area contributed by atoms with Gasteiger partial charge in [0.05, 0.1) is 12.4 Å². The van der Waals surface area contributed by atoms with Crippen molar-refractivity contribution >= 4 is 23.7 Å². The highest BCUT2D eigenvalue weighted by Crippen LogP contribution is 2.19. The molecule has 2 heterocycles. The lowest BCUT2D eigenvalue weighted by atomic mass is 10.1. The molecule has 0 saturated carbocycles. The van der Waals surface area contributed by atoms with Crippen molar-refractivity contribution in [2.45, 2.75) is 20.5 Å². The van der Waals surface area contributed by atoms with Gasteiger partial charge < -0.3 is 9.47 Å². The molecule has 6 heteroatoms. The molecule has 4 rings (SSSR count). The Morgan fingerprint density at radius 1 is 0.966 bits per heavy atom. The second-order valence-electron chi connectivity index (χ2n) is 7.56. The van der Waals surface area contributed by atoms with Crippen LogP contribution in [0, 0.1) is 11.7 Å². The van der Waals surface area contributed by atoms with E-state index in [1.54, 1.807) is 6.92 Å². The molecule has 3 aromatic rings. The van der Waals surface area contributed by atoms with E-state index in [2.05, 4.69) is 50.4 Å². The van der Waals surface area contributed by atoms with Gasteiger partial charge in [-0.3, -0.25) is 14.3 Å². The molecule has 29 heavy (non-hydrogen) atoms. The third kappa shape index (κ3) is 4.18. The summed E-state index contributed by atoms with van der Waals surface area (Å²) < 4.78 is 5.04. The zero-order chi connectivity index (χ0) is 20.4. The molecule has 0 unspecified atom stereocenters. The molecule has 1 saturated heterocycles. The smallest absolute Gasteiger partial charge is 0.185 e. The van der Waals surface area contributed by atoms with E-state index >= 15 is 0 Å². The van der Waals surface area contributed by atoms with Crippen LogP contribution < -0.4 is 4.90 Å². The van der Waals surface area contributed by atoms with Crippen molar-refractivity contribution in [1.82, 2.24) is 14.0 Å². The Bertz CT molecular complexity index is 1060. The highest BCUT2D eigenvalue weighted by atomic mass is 32.1. The number of hydrogen-bond acceptors (Lipinski definition) is 4. The maximum atomic E-state index is 11.5. The number of imidazole rings is 1. The molecule has 1 aliphatic rings. The van der Waals surface area contributed by atoms with Gasteiger partial charge in [-0.05, 0) is 62.0 Å². The zero-order valence-electron chi connectivity index (χ0n) is 16.9. The Balaban J connectivity index is 1.40. The minimum Gasteiger partial charge on any atom is -0.369 e. The van der Waals surface area contributed by atoms with Crippen LogP contribution >= 0.6 is 12.2 Å². The lowest BCUT2D eigenvalue weighted by Gasteiger charge is -2.36. The number of benzene rings is 2. The van der Waals surface area contributed by atoms with E-state index in [1.807, 2.05) is 36.4 Å². The van der Waals surface area contributed by atoms with Crippen LogP contribution in [0.3, 0.4) is 0 Å². The molecule has 0 atom stereocenters. The lowest BCUT2D eigenvalue weighted by molar-refractivity contribution is 0.101. The molecule has 0 aliphatic carbocycles. The SMILES string of the molecule is CC(=O)c1ccc(N2CCN(Cn3ccn(-c4ccccc4C)c3=S)CC2)cc1. The van der Waals surface area contributed by atoms with Crippen LogP contribution in [0.25, 0.3) is 5.69 Å². The molecule has 0 N–H and O–H groups in total. The summed E-state index contributed by atoms with van der Waals surface area (Å²) in [7, 11) is 0. The summed E-state index contributed by atoms with van der Waals surface area (Å²) in [5, 5.41) is 0. The van der Waals surface area contributed by atoms with Gasteiger partial charge in [-0.25, -0.2) is 0 Å². The van der Waals surface area contributed by atoms with Gasteiger partial charge in [-0.15, -0.1) is 0 Å². The average molecular weight is 407 g/mol. The van der Waals surface area contributed by atoms with Gasteiger partial charge >= 0.3 is 0 Å². The van der Waals surface area contributed by atoms with Crippen LogP contribution in [0.15, 0.2) is 60.9 Å². The highest BCUT2D eigenvalue weighted by Gasteiger charge is 2.18. The fraction of sp³-hybridized carbons (Fsp3) is 0.304. The molecule has 0 spiro atoms. The average Bonchev–Trinajstić information content (AvgIpc) is 3.09. The van der Waals surface area contributed by atoms with Crippen molar-refractivity contribution in [3.05, 3.63) is 76.8 Å². The zero-order valence-corrected chi connectivity index (χ0v) is 17.7. The first-order valence-corrected chi connectivity index (χ1v) is 10.4. The predicted octanol–water partition coefficient (Wildman–Crippen LogP) is 4.30. The van der Waals surface area contributed by atoms with Crippen molar-refractivity contribution in [3.8, 4) is 5.69 Å². The van der Waals surface area contributed by atoms with E-state index in [-0.39, 0.29) is 5.78 Å². The van der Waals surface area contributed by atoms with Gasteiger partial charge in [0.15, 0.2) is 10.6 Å². The van der Waals surface area contributed by atoms with E-state index in [4.69, 9.17) is 12.2 Å². The second-order valence-corrected chi connectivity index (χ2v) is 7.92. The normalized spacial score (nSPS) is 14.9. The van der Waals surface area contributed by atoms with E-state index in [0.29, 0.717) is 0 Å². The lowest BCUT2D eigenvalue weighted by Crippen LogP contribution is -2.46. The monoisotopic (exact) mass is 406 g/mol. The highest BCUT2D eigenvalue weighted by molar-refractivity contribution is 7.71. The minimum absolute atomic E-state index is 0.107. The van der Waals surface area contributed by atoms with Gasteiger partial charge in [-0.2, -0.15) is 0 Å². The van der Waals surface area contributed by atoms with Crippen molar-refractivity contribution in [1.29, 1.82) is 0 Å². The minimum atomic E-state index is 0.107. The Kier molecular flexibility index (Phi) is 5.65. The van der Waals surface area contributed by atoms with Crippen LogP contribution in [0.5, 0.6) is 0 Å². The number of aromatic nitrogens is 2. The number of aryl methyl sites for hydroxylation is 1. The Morgan fingerprint density at radius 3 is 2.31 bits per heavy atom. The van der Waals surface area contributed by atoms with Gasteiger partial charge in [0.25, 0.3) is 0 Å². The van der Waals surface area contributed by atoms with Crippen LogP contribution in [0.2, 0.25) is 0 Å². The molecule has 5 nitrogen and oxygen atoms in total. The molecule has 1 aromatic heterocycles. The molecule has 1 aliphatic heterocycles. The molecule has 0 radical (unpaired) electrons. The van der Waals surface area contributed by atoms with E-state index in [9.17, 15) is 4.79 Å². The number of Topliss-reactive ketones (excluding diaryl/α,β-unsaturated/α-hetero) is 1. The number of ketones is 1. The Morgan fingerprint density at radius 2 is 1.66 bits per heavy atom. The number of rotatable bonds is 5. The maximum Gasteiger partial charge on any atom is 0.185 e. The molecular formula is C23H26N4OS. The van der Waals surface area contributed by atoms with Gasteiger partial charge in [0, 0.05) is 49.8 Å². The van der Waals surface area contributed by atoms with Crippen LogP contribution in [-0.2, 0) is 6.67 Å². The summed E-state index contributed by atoms with van der Waals surface area (Å²) in [6, 6.07) is 16.2. The van der Waals surface area contributed by atoms with Crippen LogP contribution in [0.1, 0.15) is 22.8 Å². The van der Waals surface area contributed by atoms with Crippen LogP contribution in [0.4, 0.5) is 5.69 Å². The number of piperazine rings is 1. The second kappa shape index (κ2) is 8.35. The first-order valence-electron chi connectivity index (χ1n) is 9.95. The fourth-order valence-corrected chi connectivity index (χ4v) is 4.09. The standard InChI is InChI=1S/C23H26N4OS/c1-18-5-3-4-6-22(18)27-16-15-26(23(27)29)17-24-11-13-25(14-12-24)21-9-7-20(8-10-21)19(2)28/h3-10,15-16H,11-14,17H2,1-2H3. The third-order valence-electron chi connectivity index (χ3n) is 5.59. The number of anilines is 1. The summed E-state index contributed by atoms with van der Waals surface area (Å²) in [4.78, 5) is 16.3. The molecule has 1 fully saturated rings. The Labute approximate surface area is 176 Å². The number of carbonyl (C=O) groups excluding carboxylic acids is 1. The number of carbonyl (C=O) groups is 1. The fourth-order valence-electron chi connectivity index (χ4n) is 3.81. The van der Waals surface area contributed by atoms with Crippen molar-refractivity contribution in [2.75, 3.05) is 31.1 Å². The molecule has 150 valence electrons. The molecule has 2 aromatic carbocycles.